The maximum Gasteiger partial charge on any atom is 0.244 e. The van der Waals surface area contributed by atoms with Crippen molar-refractivity contribution in [3.8, 4) is 0 Å². The Morgan fingerprint density at radius 3 is 3.05 bits per heavy atom. The molecule has 0 radical (unpaired) electrons. The first-order valence-electron chi connectivity index (χ1n) is 7.01. The van der Waals surface area contributed by atoms with Gasteiger partial charge in [0.2, 0.25) is 5.95 Å². The lowest BCUT2D eigenvalue weighted by atomic mass is 9.95. The molecule has 3 N–H and O–H groups in total. The standard InChI is InChI=1S/C13H25N5O/c1-9(8-19-3)6-12-15-13(17-16-12)18-5-4-10(2)11(14)7-18/h9-11H,4-8,14H2,1-3H3,(H,15,16,17). The molecule has 0 aliphatic carbocycles. The molecule has 0 aromatic carbocycles. The van der Waals surface area contributed by atoms with Gasteiger partial charge in [0.1, 0.15) is 5.82 Å². The van der Waals surface area contributed by atoms with Gasteiger partial charge in [-0.2, -0.15) is 4.98 Å². The van der Waals surface area contributed by atoms with Gasteiger partial charge in [-0.1, -0.05) is 13.8 Å². The molecule has 1 aromatic rings. The van der Waals surface area contributed by atoms with Gasteiger partial charge < -0.3 is 15.4 Å². The highest BCUT2D eigenvalue weighted by atomic mass is 16.5. The van der Waals surface area contributed by atoms with E-state index >= 15 is 0 Å². The molecule has 19 heavy (non-hydrogen) atoms. The average Bonchev–Trinajstić information content (AvgIpc) is 2.81. The van der Waals surface area contributed by atoms with Gasteiger partial charge in [0.05, 0.1) is 0 Å². The average molecular weight is 267 g/mol. The monoisotopic (exact) mass is 267 g/mol. The van der Waals surface area contributed by atoms with Crippen LogP contribution in [-0.2, 0) is 11.2 Å². The zero-order valence-electron chi connectivity index (χ0n) is 12.1. The van der Waals surface area contributed by atoms with E-state index in [1.165, 1.54) is 0 Å². The fourth-order valence-electron chi connectivity index (χ4n) is 2.47. The molecule has 1 fully saturated rings. The highest BCUT2D eigenvalue weighted by Gasteiger charge is 2.25. The van der Waals surface area contributed by atoms with Crippen LogP contribution in [0.2, 0.25) is 0 Å². The first-order valence-corrected chi connectivity index (χ1v) is 7.01. The van der Waals surface area contributed by atoms with Gasteiger partial charge in [0, 0.05) is 39.3 Å². The molecular formula is C13H25N5O. The molecule has 1 aliphatic rings. The zero-order chi connectivity index (χ0) is 13.8. The summed E-state index contributed by atoms with van der Waals surface area (Å²) in [5, 5.41) is 7.33. The molecule has 1 aromatic heterocycles. The maximum atomic E-state index is 6.11. The third-order valence-corrected chi connectivity index (χ3v) is 3.81. The topological polar surface area (TPSA) is 80.1 Å². The molecule has 1 saturated heterocycles. The number of nitrogens with zero attached hydrogens (tertiary/aromatic N) is 3. The van der Waals surface area contributed by atoms with Crippen LogP contribution in [0, 0.1) is 11.8 Å². The third-order valence-electron chi connectivity index (χ3n) is 3.81. The number of aromatic nitrogens is 3. The van der Waals surface area contributed by atoms with Gasteiger partial charge in [-0.25, -0.2) is 0 Å². The zero-order valence-corrected chi connectivity index (χ0v) is 12.1. The molecule has 0 amide bonds. The fraction of sp³-hybridized carbons (Fsp3) is 0.846. The molecule has 6 nitrogen and oxygen atoms in total. The van der Waals surface area contributed by atoms with Gasteiger partial charge in [0.25, 0.3) is 0 Å². The van der Waals surface area contributed by atoms with E-state index in [-0.39, 0.29) is 6.04 Å². The van der Waals surface area contributed by atoms with Crippen molar-refractivity contribution in [2.75, 3.05) is 31.7 Å². The Labute approximate surface area is 114 Å². The van der Waals surface area contributed by atoms with Crippen LogP contribution in [0.5, 0.6) is 0 Å². The highest BCUT2D eigenvalue weighted by Crippen LogP contribution is 2.19. The van der Waals surface area contributed by atoms with Gasteiger partial charge in [0.15, 0.2) is 0 Å². The van der Waals surface area contributed by atoms with Crippen molar-refractivity contribution in [1.29, 1.82) is 0 Å². The molecular weight excluding hydrogens is 242 g/mol. The molecule has 6 heteroatoms. The van der Waals surface area contributed by atoms with E-state index in [0.717, 1.165) is 44.3 Å². The van der Waals surface area contributed by atoms with Crippen LogP contribution in [0.3, 0.4) is 0 Å². The predicted molar refractivity (Wildman–Crippen MR) is 75.1 cm³/mol. The maximum absolute atomic E-state index is 6.11. The van der Waals surface area contributed by atoms with E-state index < -0.39 is 0 Å². The summed E-state index contributed by atoms with van der Waals surface area (Å²) in [7, 11) is 1.72. The number of rotatable bonds is 5. The summed E-state index contributed by atoms with van der Waals surface area (Å²) in [5.74, 6) is 2.72. The number of hydrogen-bond acceptors (Lipinski definition) is 5. The lowest BCUT2D eigenvalue weighted by Crippen LogP contribution is -2.48. The van der Waals surface area contributed by atoms with E-state index in [1.807, 2.05) is 0 Å². The van der Waals surface area contributed by atoms with Crippen LogP contribution in [0.1, 0.15) is 26.1 Å². The summed E-state index contributed by atoms with van der Waals surface area (Å²) in [6.07, 6.45) is 1.96. The number of hydrogen-bond donors (Lipinski definition) is 2. The number of methoxy groups -OCH3 is 1. The Morgan fingerprint density at radius 1 is 1.58 bits per heavy atom. The molecule has 3 atom stereocenters. The van der Waals surface area contributed by atoms with Gasteiger partial charge in [-0.3, -0.25) is 5.10 Å². The molecule has 2 heterocycles. The smallest absolute Gasteiger partial charge is 0.244 e. The van der Waals surface area contributed by atoms with Crippen LogP contribution in [0.25, 0.3) is 0 Å². The van der Waals surface area contributed by atoms with Gasteiger partial charge in [-0.15, -0.1) is 5.10 Å². The predicted octanol–water partition coefficient (Wildman–Crippen LogP) is 0.803. The third kappa shape index (κ3) is 3.67. The summed E-state index contributed by atoms with van der Waals surface area (Å²) in [4.78, 5) is 6.74. The SMILES string of the molecule is COCC(C)Cc1nc(N2CCC(C)C(N)C2)n[nH]1. The van der Waals surface area contributed by atoms with Crippen molar-refractivity contribution >= 4 is 5.95 Å². The van der Waals surface area contributed by atoms with Gasteiger partial charge in [-0.05, 0) is 18.3 Å². The lowest BCUT2D eigenvalue weighted by Gasteiger charge is -2.34. The normalized spacial score (nSPS) is 25.6. The minimum Gasteiger partial charge on any atom is -0.384 e. The van der Waals surface area contributed by atoms with E-state index in [9.17, 15) is 0 Å². The van der Waals surface area contributed by atoms with Crippen LogP contribution in [0.15, 0.2) is 0 Å². The Balaban J connectivity index is 1.93. The second kappa shape index (κ2) is 6.34. The second-order valence-corrected chi connectivity index (χ2v) is 5.72. The van der Waals surface area contributed by atoms with Gasteiger partial charge >= 0.3 is 0 Å². The summed E-state index contributed by atoms with van der Waals surface area (Å²) in [6.45, 7) is 6.91. The quantitative estimate of drug-likeness (QED) is 0.825. The first-order chi connectivity index (χ1) is 9.10. The number of aromatic amines is 1. The Hall–Kier alpha value is -1.14. The molecule has 2 rings (SSSR count). The number of nitrogens with two attached hydrogens (primary N) is 1. The summed E-state index contributed by atoms with van der Waals surface area (Å²) in [5.41, 5.74) is 6.11. The number of H-pyrrole nitrogens is 1. The Bertz CT molecular complexity index is 394. The molecule has 1 aliphatic heterocycles. The Morgan fingerprint density at radius 2 is 2.37 bits per heavy atom. The summed E-state index contributed by atoms with van der Waals surface area (Å²) >= 11 is 0. The van der Waals surface area contributed by atoms with Crippen LogP contribution < -0.4 is 10.6 Å². The Kier molecular flexibility index (Phi) is 4.76. The highest BCUT2D eigenvalue weighted by molar-refractivity contribution is 5.30. The number of ether oxygens (including phenoxy) is 1. The summed E-state index contributed by atoms with van der Waals surface area (Å²) in [6, 6.07) is 0.211. The lowest BCUT2D eigenvalue weighted by molar-refractivity contribution is 0.159. The number of piperidine rings is 1. The van der Waals surface area contributed by atoms with E-state index in [4.69, 9.17) is 10.5 Å². The van der Waals surface area contributed by atoms with E-state index in [1.54, 1.807) is 7.11 Å². The molecule has 3 unspecified atom stereocenters. The van der Waals surface area contributed by atoms with Crippen molar-refractivity contribution in [3.05, 3.63) is 5.82 Å². The minimum absolute atomic E-state index is 0.211. The van der Waals surface area contributed by atoms with E-state index in [0.29, 0.717) is 11.8 Å². The number of anilines is 1. The second-order valence-electron chi connectivity index (χ2n) is 5.72. The van der Waals surface area contributed by atoms with Crippen molar-refractivity contribution in [2.45, 2.75) is 32.7 Å². The first kappa shape index (κ1) is 14.3. The van der Waals surface area contributed by atoms with Crippen LogP contribution >= 0.6 is 0 Å². The fourth-order valence-corrected chi connectivity index (χ4v) is 2.47. The molecule has 0 bridgehead atoms. The minimum atomic E-state index is 0.211. The summed E-state index contributed by atoms with van der Waals surface area (Å²) < 4.78 is 5.14. The van der Waals surface area contributed by atoms with Crippen LogP contribution in [-0.4, -0.2) is 48.0 Å². The van der Waals surface area contributed by atoms with Crippen molar-refractivity contribution in [2.24, 2.45) is 17.6 Å². The largest absolute Gasteiger partial charge is 0.384 e. The van der Waals surface area contributed by atoms with Crippen molar-refractivity contribution in [1.82, 2.24) is 15.2 Å². The molecule has 0 saturated carbocycles. The number of nitrogens with one attached hydrogen (secondary N) is 1. The molecule has 108 valence electrons. The van der Waals surface area contributed by atoms with Crippen molar-refractivity contribution < 1.29 is 4.74 Å². The van der Waals surface area contributed by atoms with E-state index in [2.05, 4.69) is 33.9 Å². The van der Waals surface area contributed by atoms with Crippen LogP contribution in [0.4, 0.5) is 5.95 Å². The van der Waals surface area contributed by atoms with Crippen molar-refractivity contribution in [3.63, 3.8) is 0 Å². The molecule has 0 spiro atoms.